The molecule has 0 amide bonds. The molecule has 2 aromatic carbocycles. The first-order chi connectivity index (χ1) is 13.7. The number of aliphatic hydroxyl groups excluding tert-OH is 1. The molecule has 6 heteroatoms. The van der Waals surface area contributed by atoms with Crippen LogP contribution in [-0.4, -0.2) is 41.6 Å². The molecular formula is C22H16N2O4. The Hall–Kier alpha value is -3.51. The fourth-order valence-electron chi connectivity index (χ4n) is 3.76. The van der Waals surface area contributed by atoms with E-state index in [-0.39, 0.29) is 41.9 Å². The number of nitrogens with one attached hydrogen (secondary N) is 1. The number of aliphatic hydroxyl groups is 1. The fourth-order valence-corrected chi connectivity index (χ4v) is 3.76. The van der Waals surface area contributed by atoms with Crippen molar-refractivity contribution in [3.63, 3.8) is 0 Å². The summed E-state index contributed by atoms with van der Waals surface area (Å²) in [5, 5.41) is 12.3. The van der Waals surface area contributed by atoms with Gasteiger partial charge >= 0.3 is 0 Å². The van der Waals surface area contributed by atoms with Gasteiger partial charge in [0, 0.05) is 23.7 Å². The van der Waals surface area contributed by atoms with Gasteiger partial charge in [0.25, 0.3) is 0 Å². The minimum atomic E-state index is -0.331. The van der Waals surface area contributed by atoms with Gasteiger partial charge in [0.05, 0.1) is 29.1 Å². The third-order valence-corrected chi connectivity index (χ3v) is 5.01. The van der Waals surface area contributed by atoms with Crippen LogP contribution < -0.4 is 10.1 Å². The molecule has 0 bridgehead atoms. The minimum Gasteiger partial charge on any atom is -0.478 e. The average molecular weight is 372 g/mol. The number of fused-ring (bicyclic) bond motifs is 5. The van der Waals surface area contributed by atoms with E-state index in [1.165, 1.54) is 0 Å². The number of ketones is 2. The number of anilines is 1. The van der Waals surface area contributed by atoms with Crippen molar-refractivity contribution in [2.75, 3.05) is 18.5 Å². The molecule has 2 aliphatic carbocycles. The zero-order chi connectivity index (χ0) is 19.3. The zero-order valence-electron chi connectivity index (χ0n) is 14.8. The largest absolute Gasteiger partial charge is 0.478 e. The number of hydrogen-bond acceptors (Lipinski definition) is 6. The van der Waals surface area contributed by atoms with Gasteiger partial charge in [-0.25, -0.2) is 4.99 Å². The Balaban J connectivity index is 1.78. The van der Waals surface area contributed by atoms with E-state index in [4.69, 9.17) is 4.74 Å². The number of ether oxygens (including phenoxy) is 1. The molecule has 28 heavy (non-hydrogen) atoms. The summed E-state index contributed by atoms with van der Waals surface area (Å²) in [6, 6.07) is 8.47. The molecule has 2 N–H and O–H groups in total. The Bertz CT molecular complexity index is 1130. The molecule has 0 saturated carbocycles. The highest BCUT2D eigenvalue weighted by Crippen LogP contribution is 2.46. The SMILES string of the molecule is O=C1c2ccccc2C(=O)c2c3c(cc(NCCO)c21)OC1C=CC=CC1=N3. The van der Waals surface area contributed by atoms with Crippen LogP contribution in [0.3, 0.4) is 0 Å². The molecule has 1 atom stereocenters. The Morgan fingerprint density at radius 1 is 1.07 bits per heavy atom. The molecule has 2 aromatic rings. The first-order valence-electron chi connectivity index (χ1n) is 9.03. The molecule has 0 saturated heterocycles. The second-order valence-corrected chi connectivity index (χ2v) is 6.69. The van der Waals surface area contributed by atoms with Gasteiger partial charge in [-0.15, -0.1) is 0 Å². The summed E-state index contributed by atoms with van der Waals surface area (Å²) in [6.45, 7) is 0.138. The van der Waals surface area contributed by atoms with Crippen molar-refractivity contribution >= 4 is 28.7 Å². The molecule has 3 aliphatic rings. The van der Waals surface area contributed by atoms with Gasteiger partial charge in [0.15, 0.2) is 17.7 Å². The highest BCUT2D eigenvalue weighted by Gasteiger charge is 2.37. The summed E-state index contributed by atoms with van der Waals surface area (Å²) in [7, 11) is 0. The van der Waals surface area contributed by atoms with Crippen molar-refractivity contribution in [1.82, 2.24) is 0 Å². The molecule has 0 spiro atoms. The first kappa shape index (κ1) is 16.6. The second-order valence-electron chi connectivity index (χ2n) is 6.69. The van der Waals surface area contributed by atoms with E-state index in [0.29, 0.717) is 34.0 Å². The highest BCUT2D eigenvalue weighted by molar-refractivity contribution is 6.32. The summed E-state index contributed by atoms with van der Waals surface area (Å²) in [4.78, 5) is 31.2. The summed E-state index contributed by atoms with van der Waals surface area (Å²) in [5.41, 5.74) is 2.78. The van der Waals surface area contributed by atoms with E-state index in [1.807, 2.05) is 24.3 Å². The third kappa shape index (κ3) is 2.35. The normalized spacial score (nSPS) is 18.5. The van der Waals surface area contributed by atoms with Gasteiger partial charge in [0.2, 0.25) is 0 Å². The summed E-state index contributed by atoms with van der Waals surface area (Å²) in [5.74, 6) is -0.0564. The van der Waals surface area contributed by atoms with E-state index < -0.39 is 0 Å². The van der Waals surface area contributed by atoms with E-state index >= 15 is 0 Å². The van der Waals surface area contributed by atoms with Crippen LogP contribution in [0.1, 0.15) is 31.8 Å². The van der Waals surface area contributed by atoms with E-state index in [2.05, 4.69) is 10.3 Å². The molecule has 0 aromatic heterocycles. The third-order valence-electron chi connectivity index (χ3n) is 5.01. The van der Waals surface area contributed by atoms with Crippen LogP contribution in [0.4, 0.5) is 11.4 Å². The lowest BCUT2D eigenvalue weighted by Crippen LogP contribution is -2.30. The monoisotopic (exact) mass is 372 g/mol. The topological polar surface area (TPSA) is 88.0 Å². The van der Waals surface area contributed by atoms with E-state index in [1.54, 1.807) is 30.3 Å². The highest BCUT2D eigenvalue weighted by atomic mass is 16.5. The van der Waals surface area contributed by atoms with Gasteiger partial charge < -0.3 is 15.2 Å². The van der Waals surface area contributed by atoms with Crippen molar-refractivity contribution in [2.45, 2.75) is 6.10 Å². The van der Waals surface area contributed by atoms with Crippen LogP contribution in [0.2, 0.25) is 0 Å². The Morgan fingerprint density at radius 3 is 2.57 bits per heavy atom. The number of benzene rings is 2. The smallest absolute Gasteiger partial charge is 0.196 e. The van der Waals surface area contributed by atoms with Crippen molar-refractivity contribution in [3.05, 3.63) is 76.9 Å². The summed E-state index contributed by atoms with van der Waals surface area (Å²) >= 11 is 0. The quantitative estimate of drug-likeness (QED) is 0.738. The lowest BCUT2D eigenvalue weighted by atomic mass is 9.81. The lowest BCUT2D eigenvalue weighted by molar-refractivity contribution is 0.0979. The van der Waals surface area contributed by atoms with Gasteiger partial charge in [-0.2, -0.15) is 0 Å². The number of carbonyl (C=O) groups is 2. The minimum absolute atomic E-state index is 0.107. The number of rotatable bonds is 3. The lowest BCUT2D eigenvalue weighted by Gasteiger charge is -2.29. The number of allylic oxidation sites excluding steroid dienone is 2. The molecular weight excluding hydrogens is 356 g/mol. The zero-order valence-corrected chi connectivity index (χ0v) is 14.8. The molecule has 1 aliphatic heterocycles. The van der Waals surface area contributed by atoms with E-state index in [9.17, 15) is 14.7 Å². The molecule has 6 nitrogen and oxygen atoms in total. The predicted octanol–water partition coefficient (Wildman–Crippen LogP) is 2.83. The van der Waals surface area contributed by atoms with Gasteiger partial charge in [0.1, 0.15) is 11.4 Å². The van der Waals surface area contributed by atoms with Crippen molar-refractivity contribution in [2.24, 2.45) is 4.99 Å². The Labute approximate surface area is 160 Å². The summed E-state index contributed by atoms with van der Waals surface area (Å²) in [6.07, 6.45) is 7.12. The van der Waals surface area contributed by atoms with E-state index in [0.717, 1.165) is 0 Å². The molecule has 0 radical (unpaired) electrons. The molecule has 0 fully saturated rings. The maximum absolute atomic E-state index is 13.3. The number of hydrogen-bond donors (Lipinski definition) is 2. The summed E-state index contributed by atoms with van der Waals surface area (Å²) < 4.78 is 6.06. The van der Waals surface area contributed by atoms with Crippen LogP contribution in [0, 0.1) is 0 Å². The van der Waals surface area contributed by atoms with Crippen molar-refractivity contribution in [3.8, 4) is 5.75 Å². The van der Waals surface area contributed by atoms with Crippen molar-refractivity contribution in [1.29, 1.82) is 0 Å². The number of nitrogens with zero attached hydrogens (tertiary/aromatic N) is 1. The fraction of sp³-hybridized carbons (Fsp3) is 0.136. The Morgan fingerprint density at radius 2 is 1.82 bits per heavy atom. The standard InChI is InChI=1S/C22H16N2O4/c25-10-9-23-15-11-17-20(24-14-7-3-4-8-16(14)28-17)19-18(15)21(26)12-5-1-2-6-13(12)22(19)27/h1-8,11,16,23,25H,9-10H2. The number of carbonyl (C=O) groups excluding carboxylic acids is 2. The van der Waals surface area contributed by atoms with Crippen LogP contribution in [0.15, 0.2) is 59.6 Å². The Kier molecular flexibility index (Phi) is 3.74. The molecule has 1 unspecified atom stereocenters. The average Bonchev–Trinajstić information content (AvgIpc) is 2.73. The van der Waals surface area contributed by atoms with Crippen LogP contribution in [0.25, 0.3) is 0 Å². The molecule has 5 rings (SSSR count). The molecule has 138 valence electrons. The van der Waals surface area contributed by atoms with Crippen LogP contribution >= 0.6 is 0 Å². The maximum Gasteiger partial charge on any atom is 0.196 e. The van der Waals surface area contributed by atoms with Gasteiger partial charge in [-0.05, 0) is 12.2 Å². The molecule has 1 heterocycles. The predicted molar refractivity (Wildman–Crippen MR) is 105 cm³/mol. The number of aliphatic imine (C=N–C) groups is 1. The first-order valence-corrected chi connectivity index (χ1v) is 9.03. The second kappa shape index (κ2) is 6.28. The van der Waals surface area contributed by atoms with Gasteiger partial charge in [-0.3, -0.25) is 9.59 Å². The van der Waals surface area contributed by atoms with Crippen LogP contribution in [0.5, 0.6) is 5.75 Å². The van der Waals surface area contributed by atoms with Gasteiger partial charge in [-0.1, -0.05) is 36.4 Å². The van der Waals surface area contributed by atoms with Crippen LogP contribution in [-0.2, 0) is 0 Å². The van der Waals surface area contributed by atoms with Crippen molar-refractivity contribution < 1.29 is 19.4 Å². The maximum atomic E-state index is 13.3.